The van der Waals surface area contributed by atoms with E-state index in [9.17, 15) is 13.2 Å². The molecule has 106 valence electrons. The van der Waals surface area contributed by atoms with Gasteiger partial charge in [0.1, 0.15) is 17.5 Å². The van der Waals surface area contributed by atoms with Crippen LogP contribution in [0.3, 0.4) is 0 Å². The maximum Gasteiger partial charge on any atom is 0.433 e. The van der Waals surface area contributed by atoms with Crippen molar-refractivity contribution in [3.05, 3.63) is 35.6 Å². The van der Waals surface area contributed by atoms with E-state index in [0.717, 1.165) is 17.4 Å². The van der Waals surface area contributed by atoms with Gasteiger partial charge in [-0.15, -0.1) is 11.3 Å². The largest absolute Gasteiger partial charge is 0.487 e. The lowest BCUT2D eigenvalue weighted by atomic mass is 10.2. The third-order valence-electron chi connectivity index (χ3n) is 2.86. The molecule has 1 aliphatic heterocycles. The second-order valence-corrected chi connectivity index (χ2v) is 5.21. The number of aromatic nitrogens is 2. The van der Waals surface area contributed by atoms with Crippen LogP contribution in [-0.4, -0.2) is 29.2 Å². The van der Waals surface area contributed by atoms with Gasteiger partial charge in [0, 0.05) is 23.8 Å². The monoisotopic (exact) mass is 301 g/mol. The summed E-state index contributed by atoms with van der Waals surface area (Å²) < 4.78 is 43.1. The predicted molar refractivity (Wildman–Crippen MR) is 68.0 cm³/mol. The first-order valence-electron chi connectivity index (χ1n) is 5.87. The molecule has 0 amide bonds. The first-order valence-corrected chi connectivity index (χ1v) is 6.75. The van der Waals surface area contributed by atoms with Gasteiger partial charge in [-0.3, -0.25) is 4.98 Å². The zero-order valence-electron chi connectivity index (χ0n) is 10.2. The van der Waals surface area contributed by atoms with E-state index in [-0.39, 0.29) is 11.9 Å². The second-order valence-electron chi connectivity index (χ2n) is 4.33. The molecule has 0 N–H and O–H groups in total. The Balaban J connectivity index is 1.60. The molecule has 0 aromatic carbocycles. The number of alkyl halides is 3. The zero-order chi connectivity index (χ0) is 14.2. The van der Waals surface area contributed by atoms with Crippen LogP contribution in [0.1, 0.15) is 5.69 Å². The molecule has 0 unspecified atom stereocenters. The molecule has 20 heavy (non-hydrogen) atoms. The minimum atomic E-state index is -4.45. The summed E-state index contributed by atoms with van der Waals surface area (Å²) >= 11 is 1.52. The Morgan fingerprint density at radius 3 is 2.70 bits per heavy atom. The summed E-state index contributed by atoms with van der Waals surface area (Å²) in [5.74, 6) is 0.191. The van der Waals surface area contributed by atoms with E-state index in [1.807, 2.05) is 10.3 Å². The van der Waals surface area contributed by atoms with Crippen molar-refractivity contribution in [1.82, 2.24) is 9.97 Å². The molecule has 2 aromatic heterocycles. The van der Waals surface area contributed by atoms with Crippen LogP contribution in [0, 0.1) is 0 Å². The van der Waals surface area contributed by atoms with Crippen LogP contribution in [0.25, 0.3) is 0 Å². The summed E-state index contributed by atoms with van der Waals surface area (Å²) in [5, 5.41) is 2.78. The number of rotatable bonds is 3. The molecule has 0 saturated carbocycles. The summed E-state index contributed by atoms with van der Waals surface area (Å²) in [6.45, 7) is 1.24. The van der Waals surface area contributed by atoms with Crippen molar-refractivity contribution in [3.8, 4) is 5.75 Å². The number of anilines is 1. The molecule has 0 radical (unpaired) electrons. The van der Waals surface area contributed by atoms with Gasteiger partial charge in [-0.2, -0.15) is 13.2 Å². The number of thiazole rings is 1. The normalized spacial score (nSPS) is 16.1. The Kier molecular flexibility index (Phi) is 3.25. The Hall–Kier alpha value is -1.83. The lowest BCUT2D eigenvalue weighted by Crippen LogP contribution is -2.54. The molecule has 0 bridgehead atoms. The first-order chi connectivity index (χ1) is 9.52. The van der Waals surface area contributed by atoms with Crippen molar-refractivity contribution in [2.24, 2.45) is 0 Å². The highest BCUT2D eigenvalue weighted by Crippen LogP contribution is 2.31. The fourth-order valence-electron chi connectivity index (χ4n) is 1.87. The van der Waals surface area contributed by atoms with Crippen molar-refractivity contribution in [1.29, 1.82) is 0 Å². The molecule has 1 aliphatic rings. The van der Waals surface area contributed by atoms with Gasteiger partial charge in [-0.05, 0) is 6.07 Å². The zero-order valence-corrected chi connectivity index (χ0v) is 11.0. The Morgan fingerprint density at radius 2 is 2.05 bits per heavy atom. The van der Waals surface area contributed by atoms with E-state index >= 15 is 0 Å². The van der Waals surface area contributed by atoms with Crippen molar-refractivity contribution in [2.75, 3.05) is 18.0 Å². The van der Waals surface area contributed by atoms with E-state index < -0.39 is 11.9 Å². The summed E-state index contributed by atoms with van der Waals surface area (Å²) in [7, 11) is 0. The topological polar surface area (TPSA) is 38.2 Å². The fourth-order valence-corrected chi connectivity index (χ4v) is 2.54. The molecular formula is C12H10F3N3OS. The maximum absolute atomic E-state index is 12.5. The van der Waals surface area contributed by atoms with Crippen LogP contribution >= 0.6 is 11.3 Å². The predicted octanol–water partition coefficient (Wildman–Crippen LogP) is 2.82. The number of halogens is 3. The van der Waals surface area contributed by atoms with Crippen molar-refractivity contribution in [2.45, 2.75) is 12.3 Å². The highest BCUT2D eigenvalue weighted by molar-refractivity contribution is 7.13. The molecule has 0 aliphatic carbocycles. The van der Waals surface area contributed by atoms with Gasteiger partial charge in [0.2, 0.25) is 0 Å². The molecule has 8 heteroatoms. The first kappa shape index (κ1) is 13.2. The number of ether oxygens (including phenoxy) is 1. The second kappa shape index (κ2) is 4.93. The highest BCUT2D eigenvalue weighted by atomic mass is 32.1. The molecule has 4 nitrogen and oxygen atoms in total. The highest BCUT2D eigenvalue weighted by Gasteiger charge is 2.34. The fraction of sp³-hybridized carbons (Fsp3) is 0.333. The molecular weight excluding hydrogens is 291 g/mol. The van der Waals surface area contributed by atoms with Gasteiger partial charge in [0.15, 0.2) is 5.13 Å². The molecule has 3 rings (SSSR count). The summed E-state index contributed by atoms with van der Waals surface area (Å²) in [5.41, 5.74) is -0.939. The van der Waals surface area contributed by atoms with E-state index in [1.165, 1.54) is 17.4 Å². The van der Waals surface area contributed by atoms with Crippen LogP contribution in [0.15, 0.2) is 29.9 Å². The Bertz CT molecular complexity index is 582. The number of hydrogen-bond acceptors (Lipinski definition) is 5. The summed E-state index contributed by atoms with van der Waals surface area (Å²) in [6.07, 6.45) is -1.75. The van der Waals surface area contributed by atoms with Crippen molar-refractivity contribution < 1.29 is 17.9 Å². The van der Waals surface area contributed by atoms with Crippen LogP contribution in [0.4, 0.5) is 18.3 Å². The quantitative estimate of drug-likeness (QED) is 0.874. The van der Waals surface area contributed by atoms with Crippen LogP contribution < -0.4 is 9.64 Å². The molecule has 2 aromatic rings. The van der Waals surface area contributed by atoms with Gasteiger partial charge < -0.3 is 9.64 Å². The van der Waals surface area contributed by atoms with E-state index in [4.69, 9.17) is 4.74 Å². The van der Waals surface area contributed by atoms with Gasteiger partial charge >= 0.3 is 6.18 Å². The standard InChI is InChI=1S/C12H10F3N3OS/c13-12(14,15)10-5-8(1-2-16-10)19-9-6-18(7-9)11-17-3-4-20-11/h1-5,9H,6-7H2. The van der Waals surface area contributed by atoms with Crippen LogP contribution in [-0.2, 0) is 6.18 Å². The lowest BCUT2D eigenvalue weighted by Gasteiger charge is -2.38. The maximum atomic E-state index is 12.5. The van der Waals surface area contributed by atoms with E-state index in [2.05, 4.69) is 9.97 Å². The number of pyridine rings is 1. The van der Waals surface area contributed by atoms with Gasteiger partial charge in [-0.1, -0.05) is 0 Å². The SMILES string of the molecule is FC(F)(F)c1cc(OC2CN(c3nccs3)C2)ccn1. The molecule has 0 spiro atoms. The number of nitrogens with zero attached hydrogens (tertiary/aromatic N) is 3. The van der Waals surface area contributed by atoms with Crippen LogP contribution in [0.2, 0.25) is 0 Å². The van der Waals surface area contributed by atoms with Crippen LogP contribution in [0.5, 0.6) is 5.75 Å². The molecule has 3 heterocycles. The molecule has 0 atom stereocenters. The minimum absolute atomic E-state index is 0.123. The van der Waals surface area contributed by atoms with Crippen molar-refractivity contribution in [3.63, 3.8) is 0 Å². The number of hydrogen-bond donors (Lipinski definition) is 0. The Morgan fingerprint density at radius 1 is 1.25 bits per heavy atom. The summed E-state index contributed by atoms with van der Waals surface area (Å²) in [4.78, 5) is 9.46. The smallest absolute Gasteiger partial charge is 0.433 e. The lowest BCUT2D eigenvalue weighted by molar-refractivity contribution is -0.141. The van der Waals surface area contributed by atoms with Crippen molar-refractivity contribution >= 4 is 16.5 Å². The molecule has 1 saturated heterocycles. The third kappa shape index (κ3) is 2.69. The van der Waals surface area contributed by atoms with E-state index in [0.29, 0.717) is 13.1 Å². The average Bonchev–Trinajstić information content (AvgIpc) is 2.86. The van der Waals surface area contributed by atoms with Gasteiger partial charge in [-0.25, -0.2) is 4.98 Å². The van der Waals surface area contributed by atoms with Gasteiger partial charge in [0.25, 0.3) is 0 Å². The summed E-state index contributed by atoms with van der Waals surface area (Å²) in [6, 6.07) is 2.35. The third-order valence-corrected chi connectivity index (χ3v) is 3.69. The molecule has 1 fully saturated rings. The average molecular weight is 301 g/mol. The minimum Gasteiger partial charge on any atom is -0.487 e. The Labute approximate surface area is 116 Å². The van der Waals surface area contributed by atoms with E-state index in [1.54, 1.807) is 6.20 Å². The van der Waals surface area contributed by atoms with Gasteiger partial charge in [0.05, 0.1) is 13.1 Å².